The molecule has 0 unspecified atom stereocenters. The van der Waals surface area contributed by atoms with Gasteiger partial charge in [-0.25, -0.2) is 4.79 Å². The summed E-state index contributed by atoms with van der Waals surface area (Å²) in [5.41, 5.74) is 0. The van der Waals surface area contributed by atoms with Crippen molar-refractivity contribution in [2.75, 3.05) is 7.11 Å². The summed E-state index contributed by atoms with van der Waals surface area (Å²) in [5.74, 6) is 0. The lowest BCUT2D eigenvalue weighted by Gasteiger charge is -2.56. The summed E-state index contributed by atoms with van der Waals surface area (Å²) in [6.07, 6.45) is 4.33. The second-order valence-corrected chi connectivity index (χ2v) is 4.69. The number of nitrogens with zero attached hydrogens (tertiary/aromatic N) is 1. The fourth-order valence-electron chi connectivity index (χ4n) is 3.46. The molecule has 0 radical (unpaired) electrons. The van der Waals surface area contributed by atoms with Crippen LogP contribution in [0.3, 0.4) is 0 Å². The van der Waals surface area contributed by atoms with E-state index in [0.717, 1.165) is 25.7 Å². The molecule has 1 amide bonds. The van der Waals surface area contributed by atoms with Gasteiger partial charge in [-0.3, -0.25) is 0 Å². The molecule has 0 aromatic carbocycles. The van der Waals surface area contributed by atoms with Crippen molar-refractivity contribution in [2.24, 2.45) is 0 Å². The number of nitrogens with one attached hydrogen (secondary N) is 1. The summed E-state index contributed by atoms with van der Waals surface area (Å²) in [6.45, 7) is 0. The zero-order valence-electron chi connectivity index (χ0n) is 8.40. The summed E-state index contributed by atoms with van der Waals surface area (Å²) in [4.78, 5) is 13.6. The predicted molar refractivity (Wildman–Crippen MR) is 51.0 cm³/mol. The quantitative estimate of drug-likeness (QED) is 0.620. The van der Waals surface area contributed by atoms with E-state index >= 15 is 0 Å². The van der Waals surface area contributed by atoms with Crippen molar-refractivity contribution < 1.29 is 9.53 Å². The van der Waals surface area contributed by atoms with Gasteiger partial charge in [0.1, 0.15) is 0 Å². The Morgan fingerprint density at radius 3 is 2.14 bits per heavy atom. The fourth-order valence-corrected chi connectivity index (χ4v) is 3.46. The Kier molecular flexibility index (Phi) is 1.74. The van der Waals surface area contributed by atoms with E-state index in [1.165, 1.54) is 7.11 Å². The average Bonchev–Trinajstić information content (AvgIpc) is 2.15. The highest BCUT2D eigenvalue weighted by atomic mass is 16.5. The molecule has 0 atom stereocenters. The predicted octanol–water partition coefficient (Wildman–Crippen LogP) is 0.720. The molecule has 4 saturated heterocycles. The molecule has 0 aromatic rings. The van der Waals surface area contributed by atoms with Crippen LogP contribution in [-0.2, 0) is 4.74 Å². The molecule has 0 spiro atoms. The minimum Gasteiger partial charge on any atom is -0.453 e. The monoisotopic (exact) mass is 196 g/mol. The van der Waals surface area contributed by atoms with Gasteiger partial charge >= 0.3 is 6.09 Å². The largest absolute Gasteiger partial charge is 0.453 e. The second kappa shape index (κ2) is 2.86. The van der Waals surface area contributed by atoms with E-state index in [9.17, 15) is 4.79 Å². The van der Waals surface area contributed by atoms with E-state index in [4.69, 9.17) is 4.74 Å². The third-order valence-electron chi connectivity index (χ3n) is 3.87. The minimum absolute atomic E-state index is 0.126. The highest BCUT2D eigenvalue weighted by Gasteiger charge is 2.48. The van der Waals surface area contributed by atoms with Crippen LogP contribution in [0.15, 0.2) is 0 Å². The Bertz CT molecular complexity index is 239. The van der Waals surface area contributed by atoms with Gasteiger partial charge in [-0.2, -0.15) is 0 Å². The van der Waals surface area contributed by atoms with Gasteiger partial charge in [0.15, 0.2) is 0 Å². The summed E-state index contributed by atoms with van der Waals surface area (Å²) in [7, 11) is 1.48. The van der Waals surface area contributed by atoms with Crippen molar-refractivity contribution in [3.05, 3.63) is 0 Å². The number of carbonyl (C=O) groups excluding carboxylic acids is 1. The van der Waals surface area contributed by atoms with Crippen molar-refractivity contribution in [3.63, 3.8) is 0 Å². The Labute approximate surface area is 83.6 Å². The zero-order chi connectivity index (χ0) is 9.71. The standard InChI is InChI=1S/C10H16N2O2/c1-14-10(13)12-8-2-6-3-9(12)5-7(4-8)11-6/h6-9,11H,2-5H2,1H3. The van der Waals surface area contributed by atoms with Crippen molar-refractivity contribution in [3.8, 4) is 0 Å². The molecule has 4 bridgehead atoms. The molecule has 14 heavy (non-hydrogen) atoms. The molecule has 4 rings (SSSR count). The Morgan fingerprint density at radius 2 is 1.71 bits per heavy atom. The first-order valence-electron chi connectivity index (χ1n) is 5.40. The van der Waals surface area contributed by atoms with Crippen LogP contribution in [0.4, 0.5) is 4.79 Å². The van der Waals surface area contributed by atoms with E-state index in [1.807, 2.05) is 4.90 Å². The summed E-state index contributed by atoms with van der Waals surface area (Å²) >= 11 is 0. The molecule has 0 aromatic heterocycles. The number of ether oxygens (including phenoxy) is 1. The lowest BCUT2D eigenvalue weighted by atomic mass is 9.75. The van der Waals surface area contributed by atoms with Crippen LogP contribution >= 0.6 is 0 Å². The number of rotatable bonds is 0. The summed E-state index contributed by atoms with van der Waals surface area (Å²) in [5, 5.41) is 3.61. The molecule has 4 fully saturated rings. The van der Waals surface area contributed by atoms with E-state index in [-0.39, 0.29) is 6.09 Å². The van der Waals surface area contributed by atoms with Crippen molar-refractivity contribution in [1.82, 2.24) is 10.2 Å². The number of methoxy groups -OCH3 is 1. The van der Waals surface area contributed by atoms with Gasteiger partial charge in [0.05, 0.1) is 7.11 Å². The van der Waals surface area contributed by atoms with Crippen LogP contribution in [0.1, 0.15) is 25.7 Å². The van der Waals surface area contributed by atoms with Gasteiger partial charge < -0.3 is 15.0 Å². The molecule has 4 heterocycles. The van der Waals surface area contributed by atoms with E-state index < -0.39 is 0 Å². The third kappa shape index (κ3) is 1.06. The Morgan fingerprint density at radius 1 is 1.21 bits per heavy atom. The van der Waals surface area contributed by atoms with E-state index in [1.54, 1.807) is 0 Å². The topological polar surface area (TPSA) is 41.6 Å². The third-order valence-corrected chi connectivity index (χ3v) is 3.87. The Balaban J connectivity index is 1.84. The van der Waals surface area contributed by atoms with Crippen LogP contribution < -0.4 is 5.32 Å². The highest BCUT2D eigenvalue weighted by molar-refractivity contribution is 5.69. The van der Waals surface area contributed by atoms with Gasteiger partial charge in [-0.15, -0.1) is 0 Å². The number of amides is 1. The maximum Gasteiger partial charge on any atom is 0.409 e. The maximum absolute atomic E-state index is 11.6. The number of piperidine rings is 4. The van der Waals surface area contributed by atoms with Gasteiger partial charge in [-0.05, 0) is 25.7 Å². The van der Waals surface area contributed by atoms with Crippen LogP contribution in [0.2, 0.25) is 0 Å². The van der Waals surface area contributed by atoms with Gasteiger partial charge in [0, 0.05) is 24.2 Å². The average molecular weight is 196 g/mol. The van der Waals surface area contributed by atoms with Crippen molar-refractivity contribution in [1.29, 1.82) is 0 Å². The molecule has 4 heteroatoms. The molecule has 1 N–H and O–H groups in total. The van der Waals surface area contributed by atoms with Gasteiger partial charge in [0.2, 0.25) is 0 Å². The number of hydrogen-bond donors (Lipinski definition) is 1. The van der Waals surface area contributed by atoms with Crippen molar-refractivity contribution >= 4 is 6.09 Å². The van der Waals surface area contributed by atoms with Crippen LogP contribution in [-0.4, -0.2) is 42.3 Å². The SMILES string of the molecule is COC(=O)N1C2CC3CC1CC(C2)N3. The zero-order valence-corrected chi connectivity index (χ0v) is 8.40. The Hall–Kier alpha value is -0.770. The van der Waals surface area contributed by atoms with Crippen LogP contribution in [0, 0.1) is 0 Å². The summed E-state index contributed by atoms with van der Waals surface area (Å²) in [6, 6.07) is 2.18. The summed E-state index contributed by atoms with van der Waals surface area (Å²) < 4.78 is 4.84. The lowest BCUT2D eigenvalue weighted by molar-refractivity contribution is -0.0223. The number of hydrogen-bond acceptors (Lipinski definition) is 3. The molecule has 4 aliphatic rings. The first-order valence-corrected chi connectivity index (χ1v) is 5.40. The van der Waals surface area contributed by atoms with E-state index in [0.29, 0.717) is 24.2 Å². The first-order chi connectivity index (χ1) is 6.78. The van der Waals surface area contributed by atoms with Crippen LogP contribution in [0.5, 0.6) is 0 Å². The maximum atomic E-state index is 11.6. The molecule has 0 aliphatic carbocycles. The fraction of sp³-hybridized carbons (Fsp3) is 0.900. The molecule has 4 nitrogen and oxygen atoms in total. The smallest absolute Gasteiger partial charge is 0.409 e. The molecular formula is C10H16N2O2. The normalized spacial score (nSPS) is 44.2. The number of carbonyl (C=O) groups is 1. The lowest BCUT2D eigenvalue weighted by Crippen LogP contribution is -2.68. The molecular weight excluding hydrogens is 180 g/mol. The van der Waals surface area contributed by atoms with E-state index in [2.05, 4.69) is 5.32 Å². The van der Waals surface area contributed by atoms with Gasteiger partial charge in [0.25, 0.3) is 0 Å². The van der Waals surface area contributed by atoms with Crippen molar-refractivity contribution in [2.45, 2.75) is 49.9 Å². The van der Waals surface area contributed by atoms with Gasteiger partial charge in [-0.1, -0.05) is 0 Å². The highest BCUT2D eigenvalue weighted by Crippen LogP contribution is 2.39. The molecule has 78 valence electrons. The molecule has 4 aliphatic heterocycles. The molecule has 0 saturated carbocycles. The minimum atomic E-state index is -0.126. The first kappa shape index (κ1) is 8.53. The van der Waals surface area contributed by atoms with Crippen LogP contribution in [0.25, 0.3) is 0 Å². The second-order valence-electron chi connectivity index (χ2n) is 4.69.